The van der Waals surface area contributed by atoms with Crippen LogP contribution in [-0.4, -0.2) is 30.1 Å². The van der Waals surface area contributed by atoms with Crippen molar-refractivity contribution in [3.05, 3.63) is 35.1 Å². The second-order valence-corrected chi connectivity index (χ2v) is 7.52. The van der Waals surface area contributed by atoms with Gasteiger partial charge in [-0.25, -0.2) is 0 Å². The van der Waals surface area contributed by atoms with Crippen molar-refractivity contribution in [2.75, 3.05) is 13.1 Å². The van der Waals surface area contributed by atoms with Crippen LogP contribution in [0.2, 0.25) is 0 Å². The summed E-state index contributed by atoms with van der Waals surface area (Å²) in [4.78, 5) is 2.76. The normalized spacial score (nSPS) is 31.1. The smallest absolute Gasteiger partial charge is 0.134 e. The zero-order valence-corrected chi connectivity index (χ0v) is 15.9. The molecule has 4 atom stereocenters. The van der Waals surface area contributed by atoms with Crippen LogP contribution in [0.4, 0.5) is 0 Å². The summed E-state index contributed by atoms with van der Waals surface area (Å²) in [5.41, 5.74) is 3.70. The highest BCUT2D eigenvalue weighted by molar-refractivity contribution is 5.85. The van der Waals surface area contributed by atoms with Crippen molar-refractivity contribution in [2.24, 2.45) is 11.8 Å². The van der Waals surface area contributed by atoms with Crippen LogP contribution in [0.3, 0.4) is 0 Å². The van der Waals surface area contributed by atoms with Crippen LogP contribution < -0.4 is 5.32 Å². The van der Waals surface area contributed by atoms with Crippen LogP contribution in [0, 0.1) is 25.7 Å². The summed E-state index contributed by atoms with van der Waals surface area (Å²) in [6.45, 7) is 7.82. The molecule has 5 heteroatoms. The van der Waals surface area contributed by atoms with Crippen LogP contribution in [0.5, 0.6) is 0 Å². The molecule has 24 heavy (non-hydrogen) atoms. The lowest BCUT2D eigenvalue weighted by molar-refractivity contribution is 0.203. The Labute approximate surface area is 156 Å². The second kappa shape index (κ2) is 6.53. The van der Waals surface area contributed by atoms with Crippen LogP contribution in [0.1, 0.15) is 29.7 Å². The third-order valence-electron chi connectivity index (χ3n) is 6.43. The van der Waals surface area contributed by atoms with E-state index in [1.165, 1.54) is 48.2 Å². The SMILES string of the molecule is Cc1ccc2oc(CN3[C@@H]4CC[C@H]3[C@H]3CNC[C@H]34)c(C)c2c1.Cl.Cl. The highest BCUT2D eigenvalue weighted by Gasteiger charge is 2.54. The average Bonchev–Trinajstić information content (AvgIpc) is 3.23. The van der Waals surface area contributed by atoms with E-state index in [1.54, 1.807) is 0 Å². The van der Waals surface area contributed by atoms with E-state index in [4.69, 9.17) is 4.42 Å². The van der Waals surface area contributed by atoms with Gasteiger partial charge in [-0.3, -0.25) is 4.90 Å². The van der Waals surface area contributed by atoms with Gasteiger partial charge in [-0.05, 0) is 69.3 Å². The molecule has 0 aliphatic carbocycles. The molecule has 0 amide bonds. The lowest BCUT2D eigenvalue weighted by atomic mass is 9.82. The molecule has 1 aromatic carbocycles. The second-order valence-electron chi connectivity index (χ2n) is 7.52. The Bertz CT molecular complexity index is 726. The topological polar surface area (TPSA) is 28.4 Å². The van der Waals surface area contributed by atoms with Crippen molar-refractivity contribution >= 4 is 35.8 Å². The monoisotopic (exact) mass is 368 g/mol. The first-order chi connectivity index (χ1) is 10.7. The molecule has 2 bridgehead atoms. The van der Waals surface area contributed by atoms with Gasteiger partial charge in [0.2, 0.25) is 0 Å². The number of benzene rings is 1. The van der Waals surface area contributed by atoms with Gasteiger partial charge in [-0.2, -0.15) is 0 Å². The van der Waals surface area contributed by atoms with Crippen LogP contribution in [0.15, 0.2) is 22.6 Å². The fourth-order valence-electron chi connectivity index (χ4n) is 5.34. The van der Waals surface area contributed by atoms with Gasteiger partial charge >= 0.3 is 0 Å². The number of rotatable bonds is 2. The summed E-state index contributed by atoms with van der Waals surface area (Å²) in [6.07, 6.45) is 2.76. The molecule has 3 fully saturated rings. The molecule has 0 saturated carbocycles. The molecule has 0 unspecified atom stereocenters. The van der Waals surface area contributed by atoms with Crippen LogP contribution in [0.25, 0.3) is 11.0 Å². The molecule has 0 radical (unpaired) electrons. The molecule has 3 nitrogen and oxygen atoms in total. The Morgan fingerprint density at radius 1 is 1.08 bits per heavy atom. The molecule has 4 heterocycles. The predicted molar refractivity (Wildman–Crippen MR) is 102 cm³/mol. The molecule has 3 saturated heterocycles. The van der Waals surface area contributed by atoms with Gasteiger partial charge in [0.1, 0.15) is 11.3 Å². The number of furan rings is 1. The fraction of sp³-hybridized carbons (Fsp3) is 0.579. The van der Waals surface area contributed by atoms with Crippen molar-refractivity contribution in [3.63, 3.8) is 0 Å². The van der Waals surface area contributed by atoms with Crippen molar-refractivity contribution < 1.29 is 4.42 Å². The summed E-state index contributed by atoms with van der Waals surface area (Å²) in [6, 6.07) is 8.08. The van der Waals surface area contributed by atoms with E-state index in [1.807, 2.05) is 0 Å². The van der Waals surface area contributed by atoms with E-state index in [2.05, 4.69) is 42.3 Å². The standard InChI is InChI=1S/C19H24N2O.2ClH/c1-11-3-6-18-13(7-11)12(2)19(22-18)10-21-16-4-5-17(21)15-9-20-8-14(15)16;;/h3,6-7,14-17,20H,4-5,8-10H2,1-2H3;2*1H/t14-,15+,16-,17+;;. The highest BCUT2D eigenvalue weighted by Crippen LogP contribution is 2.48. The lowest BCUT2D eigenvalue weighted by Gasteiger charge is -2.23. The zero-order chi connectivity index (χ0) is 14.8. The number of aryl methyl sites for hydroxylation is 2. The predicted octanol–water partition coefficient (Wildman–Crippen LogP) is 4.08. The third-order valence-corrected chi connectivity index (χ3v) is 6.43. The molecular formula is C19H26Cl2N2O. The average molecular weight is 369 g/mol. The van der Waals surface area contributed by atoms with E-state index >= 15 is 0 Å². The number of hydrogen-bond donors (Lipinski definition) is 1. The minimum Gasteiger partial charge on any atom is -0.459 e. The first kappa shape index (κ1) is 18.1. The Balaban J connectivity index is 0.000000845. The summed E-state index contributed by atoms with van der Waals surface area (Å²) in [7, 11) is 0. The first-order valence-corrected chi connectivity index (χ1v) is 8.67. The maximum absolute atomic E-state index is 6.21. The van der Waals surface area contributed by atoms with Crippen molar-refractivity contribution in [2.45, 2.75) is 45.3 Å². The Hall–Kier alpha value is -0.740. The first-order valence-electron chi connectivity index (χ1n) is 8.67. The third kappa shape index (κ3) is 2.48. The minimum absolute atomic E-state index is 0. The summed E-state index contributed by atoms with van der Waals surface area (Å²) in [5, 5.41) is 4.89. The van der Waals surface area contributed by atoms with E-state index in [0.29, 0.717) is 0 Å². The quantitative estimate of drug-likeness (QED) is 0.865. The molecule has 1 aromatic heterocycles. The van der Waals surface area contributed by atoms with Crippen molar-refractivity contribution in [1.82, 2.24) is 10.2 Å². The van der Waals surface area contributed by atoms with Crippen molar-refractivity contribution in [1.29, 1.82) is 0 Å². The van der Waals surface area contributed by atoms with Crippen LogP contribution in [-0.2, 0) is 6.54 Å². The molecule has 5 rings (SSSR count). The van der Waals surface area contributed by atoms with E-state index < -0.39 is 0 Å². The molecule has 1 N–H and O–H groups in total. The number of fused-ring (bicyclic) bond motifs is 6. The minimum atomic E-state index is 0. The summed E-state index contributed by atoms with van der Waals surface area (Å²) < 4.78 is 6.21. The van der Waals surface area contributed by atoms with E-state index in [-0.39, 0.29) is 24.8 Å². The van der Waals surface area contributed by atoms with Crippen LogP contribution >= 0.6 is 24.8 Å². The number of hydrogen-bond acceptors (Lipinski definition) is 3. The molecule has 3 aliphatic rings. The van der Waals surface area contributed by atoms with E-state index in [9.17, 15) is 0 Å². The number of nitrogens with zero attached hydrogens (tertiary/aromatic N) is 1. The van der Waals surface area contributed by atoms with Gasteiger partial charge < -0.3 is 9.73 Å². The Morgan fingerprint density at radius 3 is 2.42 bits per heavy atom. The molecule has 3 aliphatic heterocycles. The number of halogens is 2. The fourth-order valence-corrected chi connectivity index (χ4v) is 5.34. The van der Waals surface area contributed by atoms with Gasteiger partial charge in [-0.1, -0.05) is 11.6 Å². The van der Waals surface area contributed by atoms with Gasteiger partial charge in [0.05, 0.1) is 6.54 Å². The van der Waals surface area contributed by atoms with Gasteiger partial charge in [0, 0.05) is 17.5 Å². The maximum Gasteiger partial charge on any atom is 0.134 e. The highest BCUT2D eigenvalue weighted by atomic mass is 35.5. The lowest BCUT2D eigenvalue weighted by Crippen LogP contribution is -2.33. The summed E-state index contributed by atoms with van der Waals surface area (Å²) in [5.74, 6) is 2.95. The molecule has 132 valence electrons. The van der Waals surface area contributed by atoms with E-state index in [0.717, 1.165) is 36.0 Å². The Morgan fingerprint density at radius 2 is 1.75 bits per heavy atom. The largest absolute Gasteiger partial charge is 0.459 e. The number of nitrogens with one attached hydrogen (secondary N) is 1. The van der Waals surface area contributed by atoms with Crippen molar-refractivity contribution in [3.8, 4) is 0 Å². The molecule has 2 aromatic rings. The summed E-state index contributed by atoms with van der Waals surface area (Å²) >= 11 is 0. The van der Waals surface area contributed by atoms with Gasteiger partial charge in [-0.15, -0.1) is 24.8 Å². The zero-order valence-electron chi connectivity index (χ0n) is 14.2. The molecular weight excluding hydrogens is 343 g/mol. The van der Waals surface area contributed by atoms with Gasteiger partial charge in [0.15, 0.2) is 0 Å². The maximum atomic E-state index is 6.21. The Kier molecular flexibility index (Phi) is 4.91. The van der Waals surface area contributed by atoms with Gasteiger partial charge in [0.25, 0.3) is 0 Å². The molecule has 0 spiro atoms.